The van der Waals surface area contributed by atoms with Gasteiger partial charge in [-0.05, 0) is 132 Å². The lowest BCUT2D eigenvalue weighted by Crippen LogP contribution is -2.21. The van der Waals surface area contributed by atoms with Crippen LogP contribution in [0.3, 0.4) is 0 Å². The Kier molecular flexibility index (Phi) is 26.2. The monoisotopic (exact) mass is 1540 g/mol. The van der Waals surface area contributed by atoms with Crippen LogP contribution in [0.5, 0.6) is 17.2 Å². The van der Waals surface area contributed by atoms with Gasteiger partial charge in [-0.1, -0.05) is 84.1 Å². The molecule has 24 nitrogen and oxygen atoms in total. The molecule has 3 aliphatic heterocycles. The molecule has 3 atom stereocenters. The molecule has 0 spiro atoms. The summed E-state index contributed by atoms with van der Waals surface area (Å²) in [6.07, 6.45) is 4.80. The van der Waals surface area contributed by atoms with Crippen LogP contribution in [0.2, 0.25) is 0 Å². The molecule has 0 aliphatic carbocycles. The minimum atomic E-state index is -1.87. The van der Waals surface area contributed by atoms with Gasteiger partial charge in [0.25, 0.3) is 0 Å². The van der Waals surface area contributed by atoms with Crippen LogP contribution in [0.4, 0.5) is 31.4 Å². The first kappa shape index (κ1) is 74.1. The standard InChI is InChI=1S/2C29H28FN5O3S.C20H22N6O2S.H3P/c2*1-38-25-7-4-5-19(14-25)13-23(36)16-22-9-10-27(32-31-22)35-12-11-21(18-35)29-34-33-28(39-29)17-24(37)15-20-6-2-3-8-26(20)30;1-28-17-4-2-3-13(10-17)9-16(27)11-15-5-6-18(23-22-15)26-8-7-14(12-26)19-24-25-20(21)29-19;/h2*2-10,14,21H,11-13,15-18H2,1H3;2-6,10,14H,7-9,11-12H2,1H3,(H2,21,25);1H3/i;;;1T3. The fraction of sp³-hybridized carbons (Fsp3) is 0.321. The first-order valence-electron chi connectivity index (χ1n) is 36.3. The minimum absolute atomic E-state index is 0.0417. The van der Waals surface area contributed by atoms with Crippen molar-refractivity contribution in [2.45, 2.75) is 101 Å². The second-order valence-electron chi connectivity index (χ2n) is 26.2. The van der Waals surface area contributed by atoms with Crippen LogP contribution in [-0.2, 0) is 88.2 Å². The van der Waals surface area contributed by atoms with Gasteiger partial charge in [-0.2, -0.15) is 25.0 Å². The van der Waals surface area contributed by atoms with E-state index in [0.717, 1.165) is 125 Å². The van der Waals surface area contributed by atoms with Crippen molar-refractivity contribution >= 4 is 95.2 Å². The number of nitrogens with two attached hydrogens (primary N) is 1. The number of nitrogen functional groups attached to an aromatic ring is 1. The predicted molar refractivity (Wildman–Crippen MR) is 414 cm³/mol. The van der Waals surface area contributed by atoms with Crippen molar-refractivity contribution in [1.29, 1.82) is 3.84 Å². The third-order valence-electron chi connectivity index (χ3n) is 18.3. The van der Waals surface area contributed by atoms with E-state index in [-0.39, 0.29) is 97.3 Å². The Balaban J connectivity index is 0.000000163. The summed E-state index contributed by atoms with van der Waals surface area (Å²) in [6.45, 7) is 4.74. The summed E-state index contributed by atoms with van der Waals surface area (Å²) in [5.74, 6) is 4.51. The van der Waals surface area contributed by atoms with Gasteiger partial charge in [0.05, 0.1) is 74.4 Å². The van der Waals surface area contributed by atoms with Gasteiger partial charge < -0.3 is 34.6 Å². The molecule has 0 saturated carbocycles. The van der Waals surface area contributed by atoms with Gasteiger partial charge in [-0.15, -0.1) is 68.6 Å². The molecule has 108 heavy (non-hydrogen) atoms. The second-order valence-corrected chi connectivity index (χ2v) is 29.4. The maximum atomic E-state index is 13.8. The summed E-state index contributed by atoms with van der Waals surface area (Å²) >= 11 is 4.32. The number of methoxy groups -OCH3 is 3. The smallest absolute Gasteiger partial charge is 0.203 e. The summed E-state index contributed by atoms with van der Waals surface area (Å²) in [5.41, 5.74) is 11.2. The van der Waals surface area contributed by atoms with Crippen LogP contribution >= 0.6 is 43.7 Å². The number of rotatable bonds is 29. The topological polar surface area (TPSA) is 303 Å². The molecule has 2 N–H and O–H groups in total. The van der Waals surface area contributed by atoms with E-state index in [2.05, 4.69) is 75.9 Å². The van der Waals surface area contributed by atoms with Crippen molar-refractivity contribution in [3.8, 4) is 17.2 Å². The molecule has 3 fully saturated rings. The molecule has 558 valence electrons. The Hall–Kier alpha value is -10.7. The van der Waals surface area contributed by atoms with Gasteiger partial charge in [0.15, 0.2) is 17.5 Å². The van der Waals surface area contributed by atoms with Crippen LogP contribution in [-0.4, -0.2) is 155 Å². The highest BCUT2D eigenvalue weighted by molar-refractivity contribution is 7.15. The molecule has 0 amide bonds. The van der Waals surface area contributed by atoms with Crippen LogP contribution in [0, 0.1) is 11.6 Å². The number of anilines is 4. The first-order chi connectivity index (χ1) is 53.8. The second kappa shape index (κ2) is 38.2. The summed E-state index contributed by atoms with van der Waals surface area (Å²) in [4.78, 5) is 68.8. The summed E-state index contributed by atoms with van der Waals surface area (Å²) in [6, 6.07) is 46.5. The zero-order chi connectivity index (χ0) is 78.2. The van der Waals surface area contributed by atoms with E-state index in [9.17, 15) is 32.8 Å². The number of aromatic nitrogens is 12. The Morgan fingerprint density at radius 1 is 0.407 bits per heavy atom. The van der Waals surface area contributed by atoms with Crippen molar-refractivity contribution in [1.82, 2.24) is 61.2 Å². The van der Waals surface area contributed by atoms with E-state index in [0.29, 0.717) is 68.5 Å². The number of carbonyl (C=O) groups is 5. The number of benzene rings is 5. The van der Waals surface area contributed by atoms with E-state index in [1.807, 2.05) is 109 Å². The molecule has 14 rings (SSSR count). The van der Waals surface area contributed by atoms with Crippen LogP contribution in [0.1, 0.15) is 107 Å². The van der Waals surface area contributed by atoms with E-state index in [4.69, 9.17) is 23.8 Å². The Bertz CT molecular complexity index is 4720. The van der Waals surface area contributed by atoms with Gasteiger partial charge in [0, 0.05) is 89.1 Å². The maximum Gasteiger partial charge on any atom is 0.203 e. The van der Waals surface area contributed by atoms with Gasteiger partial charge in [0.1, 0.15) is 82.8 Å². The van der Waals surface area contributed by atoms with Crippen LogP contribution in [0.15, 0.2) is 158 Å². The number of Topliss-reactive ketones (excluding diaryl/α,β-unsaturated/α-hetero) is 5. The Morgan fingerprint density at radius 2 is 0.741 bits per heavy atom. The number of nitrogens with zero attached hydrogens (tertiary/aromatic N) is 15. The van der Waals surface area contributed by atoms with Gasteiger partial charge in [0.2, 0.25) is 5.13 Å². The SMILES string of the molecule is COc1cccc(CC(=O)Cc2ccc(N3CCC(c4nnc(CC(=O)Cc5ccccc5F)s4)C3)nn2)c1.COc1cccc(CC(=O)Cc2ccc(N3CCC(c4nnc(CC(=O)Cc5ccccc5F)s4)C3)nn2)c1.COc1cccc(CC(=O)Cc2ccc(N3CCC(c4nnc(N)s4)C3)nn2)c1.[3H]P([3H])[3H]. The van der Waals surface area contributed by atoms with Crippen molar-refractivity contribution in [2.24, 2.45) is 0 Å². The highest BCUT2D eigenvalue weighted by Crippen LogP contribution is 2.35. The van der Waals surface area contributed by atoms with E-state index >= 15 is 0 Å². The normalized spacial score (nSPS) is 15.5. The van der Waals surface area contributed by atoms with Gasteiger partial charge >= 0.3 is 0 Å². The van der Waals surface area contributed by atoms with Gasteiger partial charge in [-0.3, -0.25) is 24.0 Å². The number of hydrogen-bond donors (Lipinski definition) is 1. The molecule has 9 heterocycles. The molecule has 3 saturated heterocycles. The summed E-state index contributed by atoms with van der Waals surface area (Å²) < 4.78 is 61.3. The minimum Gasteiger partial charge on any atom is -0.497 e. The van der Waals surface area contributed by atoms with Crippen molar-refractivity contribution in [3.63, 3.8) is 0 Å². The van der Waals surface area contributed by atoms with E-state index in [1.165, 1.54) is 46.1 Å². The zero-order valence-electron chi connectivity index (χ0n) is 62.7. The molecule has 11 aromatic rings. The Labute approximate surface area is 642 Å². The number of hydrogen-bond acceptors (Lipinski definition) is 27. The zero-order valence-corrected chi connectivity index (χ0v) is 63.0. The largest absolute Gasteiger partial charge is 0.497 e. The number of ether oxygens (including phenoxy) is 3. The molecule has 0 radical (unpaired) electrons. The third kappa shape index (κ3) is 22.2. The fourth-order valence-electron chi connectivity index (χ4n) is 12.8. The number of ketones is 5. The molecular formula is C78H81F2N16O8PS3. The van der Waals surface area contributed by atoms with E-state index < -0.39 is 9.73 Å². The summed E-state index contributed by atoms with van der Waals surface area (Å²) in [7, 11) is 2.95. The van der Waals surface area contributed by atoms with Crippen molar-refractivity contribution < 1.29 is 47.0 Å². The average Bonchev–Trinajstić information content (AvgIpc) is 1.69. The highest BCUT2D eigenvalue weighted by Gasteiger charge is 2.32. The molecule has 6 aromatic heterocycles. The average molecular weight is 1540 g/mol. The number of halogens is 2. The van der Waals surface area contributed by atoms with Crippen molar-refractivity contribution in [2.75, 3.05) is 81.0 Å². The summed E-state index contributed by atoms with van der Waals surface area (Å²) in [5, 5.41) is 55.6. The number of carbonyl (C=O) groups excluding carboxylic acids is 5. The van der Waals surface area contributed by atoms with E-state index in [1.54, 1.807) is 57.7 Å². The van der Waals surface area contributed by atoms with Crippen LogP contribution in [0.25, 0.3) is 0 Å². The molecular weight excluding hydrogens is 1450 g/mol. The maximum absolute atomic E-state index is 13.8. The Morgan fingerprint density at radius 3 is 1.06 bits per heavy atom. The molecule has 5 aromatic carbocycles. The third-order valence-corrected chi connectivity index (χ3v) is 21.3. The molecule has 3 unspecified atom stereocenters. The lowest BCUT2D eigenvalue weighted by Gasteiger charge is -2.16. The quantitative estimate of drug-likeness (QED) is 0.0426. The molecule has 0 bridgehead atoms. The fourth-order valence-corrected chi connectivity index (χ4v) is 15.5. The van der Waals surface area contributed by atoms with Crippen LogP contribution < -0.4 is 34.6 Å². The van der Waals surface area contributed by atoms with Gasteiger partial charge in [-0.25, -0.2) is 8.78 Å². The lowest BCUT2D eigenvalue weighted by molar-refractivity contribution is -0.118. The highest BCUT2D eigenvalue weighted by atomic mass is 32.1. The first-order valence-corrected chi connectivity index (χ1v) is 37.4. The molecule has 30 heteroatoms. The van der Waals surface area contributed by atoms with Crippen molar-refractivity contribution in [3.05, 3.63) is 239 Å². The predicted octanol–water partition coefficient (Wildman–Crippen LogP) is 10.7. The lowest BCUT2D eigenvalue weighted by atomic mass is 10.1. The molecule has 3 aliphatic rings.